The molecule has 0 saturated heterocycles. The smallest absolute Gasteiger partial charge is 0.292 e. The normalized spacial score (nSPS) is 10.8. The molecular weight excluding hydrogens is 398 g/mol. The van der Waals surface area contributed by atoms with E-state index in [4.69, 9.17) is 4.79 Å². The molecule has 0 aromatic rings. The van der Waals surface area contributed by atoms with Crippen LogP contribution in [0.2, 0.25) is 0 Å². The number of rotatable bonds is 25. The van der Waals surface area contributed by atoms with Crippen molar-refractivity contribution in [2.24, 2.45) is 0 Å². The maximum Gasteiger partial charge on any atom is 0.292 e. The van der Waals surface area contributed by atoms with Crippen LogP contribution in [0.5, 0.6) is 0 Å². The van der Waals surface area contributed by atoms with E-state index in [1.54, 1.807) is 0 Å². The van der Waals surface area contributed by atoms with Crippen LogP contribution >= 0.6 is 0 Å². The van der Waals surface area contributed by atoms with Crippen LogP contribution in [0.4, 0.5) is 0 Å². The Labute approximate surface area is 201 Å². The third-order valence-corrected chi connectivity index (χ3v) is 6.17. The van der Waals surface area contributed by atoms with E-state index < -0.39 is 0 Å². The zero-order valence-corrected chi connectivity index (χ0v) is 22.3. The molecule has 0 heterocycles. The molecule has 0 atom stereocenters. The van der Waals surface area contributed by atoms with E-state index in [-0.39, 0.29) is 0 Å². The van der Waals surface area contributed by atoms with Gasteiger partial charge in [-0.05, 0) is 25.9 Å². The largest absolute Gasteiger partial charge is 0.471 e. The third-order valence-electron chi connectivity index (χ3n) is 6.17. The minimum atomic E-state index is 0.315. The summed E-state index contributed by atoms with van der Waals surface area (Å²) >= 11 is 0. The van der Waals surface area contributed by atoms with Crippen molar-refractivity contribution in [3.63, 3.8) is 0 Å². The number of methoxy groups -OCH3 is 1. The number of hydrogen-bond acceptors (Lipinski definition) is 4. The standard InChI is InChI=1S/C26H55NO.C2H4O2/c1-3-5-7-9-11-13-15-17-19-21-23-27(25-26-28)24-22-20-18-16-14-12-10-8-6-4-2;1-4-2-3/h28H,3-26H2,1-2H3;2H,1H3. The topological polar surface area (TPSA) is 49.8 Å². The van der Waals surface area contributed by atoms with E-state index in [9.17, 15) is 5.11 Å². The molecule has 0 unspecified atom stereocenters. The van der Waals surface area contributed by atoms with E-state index in [2.05, 4.69) is 23.5 Å². The lowest BCUT2D eigenvalue weighted by Crippen LogP contribution is -2.29. The Balaban J connectivity index is 0. The van der Waals surface area contributed by atoms with Crippen molar-refractivity contribution in [1.82, 2.24) is 4.90 Å². The van der Waals surface area contributed by atoms with E-state index in [0.29, 0.717) is 13.1 Å². The monoisotopic (exact) mass is 457 g/mol. The van der Waals surface area contributed by atoms with E-state index in [1.807, 2.05) is 0 Å². The summed E-state index contributed by atoms with van der Waals surface area (Å²) in [5, 5.41) is 9.32. The summed E-state index contributed by atoms with van der Waals surface area (Å²) in [7, 11) is 1.31. The lowest BCUT2D eigenvalue weighted by molar-refractivity contribution is -0.126. The molecule has 194 valence electrons. The zero-order valence-electron chi connectivity index (χ0n) is 22.3. The van der Waals surface area contributed by atoms with Crippen LogP contribution in [0.1, 0.15) is 142 Å². The second-order valence-corrected chi connectivity index (χ2v) is 9.26. The van der Waals surface area contributed by atoms with Crippen molar-refractivity contribution in [1.29, 1.82) is 0 Å². The van der Waals surface area contributed by atoms with Crippen LogP contribution in [0.3, 0.4) is 0 Å². The molecule has 4 nitrogen and oxygen atoms in total. The van der Waals surface area contributed by atoms with Crippen LogP contribution in [0, 0.1) is 0 Å². The van der Waals surface area contributed by atoms with Gasteiger partial charge in [0.15, 0.2) is 0 Å². The highest BCUT2D eigenvalue weighted by Crippen LogP contribution is 2.12. The van der Waals surface area contributed by atoms with Gasteiger partial charge in [0.25, 0.3) is 6.47 Å². The zero-order chi connectivity index (χ0) is 24.0. The summed E-state index contributed by atoms with van der Waals surface area (Å²) < 4.78 is 3.86. The predicted molar refractivity (Wildman–Crippen MR) is 140 cm³/mol. The SMILES string of the molecule is CCCCCCCCCCCCN(CCO)CCCCCCCCCCCC.COC=O. The van der Waals surface area contributed by atoms with Gasteiger partial charge in [-0.1, -0.05) is 129 Å². The van der Waals surface area contributed by atoms with Crippen molar-refractivity contribution in [2.75, 3.05) is 33.4 Å². The first-order valence-corrected chi connectivity index (χ1v) is 14.1. The molecule has 0 radical (unpaired) electrons. The highest BCUT2D eigenvalue weighted by Gasteiger charge is 2.04. The van der Waals surface area contributed by atoms with E-state index >= 15 is 0 Å². The summed E-state index contributed by atoms with van der Waals surface area (Å²) in [6.45, 7) is 8.51. The number of unbranched alkanes of at least 4 members (excludes halogenated alkanes) is 18. The van der Waals surface area contributed by atoms with Gasteiger partial charge in [-0.3, -0.25) is 4.79 Å². The molecular formula is C28H59NO3. The second kappa shape index (κ2) is 32.6. The number of ether oxygens (including phenoxy) is 1. The summed E-state index contributed by atoms with van der Waals surface area (Å²) in [4.78, 5) is 11.4. The molecule has 0 aromatic carbocycles. The average Bonchev–Trinajstić information content (AvgIpc) is 2.81. The lowest BCUT2D eigenvalue weighted by Gasteiger charge is -2.21. The number of aliphatic hydroxyl groups is 1. The molecule has 0 bridgehead atoms. The molecule has 0 saturated carbocycles. The van der Waals surface area contributed by atoms with Gasteiger partial charge in [0.05, 0.1) is 13.7 Å². The van der Waals surface area contributed by atoms with Crippen LogP contribution in [-0.2, 0) is 9.53 Å². The minimum Gasteiger partial charge on any atom is -0.471 e. The van der Waals surface area contributed by atoms with Crippen LogP contribution < -0.4 is 0 Å². The first-order valence-electron chi connectivity index (χ1n) is 14.1. The Morgan fingerprint density at radius 2 is 0.844 bits per heavy atom. The van der Waals surface area contributed by atoms with Gasteiger partial charge in [-0.25, -0.2) is 0 Å². The minimum absolute atomic E-state index is 0.315. The van der Waals surface area contributed by atoms with Crippen molar-refractivity contribution in [3.05, 3.63) is 0 Å². The molecule has 0 aliphatic carbocycles. The van der Waals surface area contributed by atoms with Crippen LogP contribution in [0.15, 0.2) is 0 Å². The number of carbonyl (C=O) groups excluding carboxylic acids is 1. The third kappa shape index (κ3) is 31.6. The van der Waals surface area contributed by atoms with Gasteiger partial charge >= 0.3 is 0 Å². The Morgan fingerprint density at radius 3 is 1.09 bits per heavy atom. The Bertz CT molecular complexity index is 302. The van der Waals surface area contributed by atoms with Gasteiger partial charge in [-0.2, -0.15) is 0 Å². The van der Waals surface area contributed by atoms with Crippen LogP contribution in [0.25, 0.3) is 0 Å². The highest BCUT2D eigenvalue weighted by atomic mass is 16.5. The fourth-order valence-corrected chi connectivity index (χ4v) is 4.12. The molecule has 0 rings (SSSR count). The summed E-state index contributed by atoms with van der Waals surface area (Å²) in [6.07, 6.45) is 28.0. The van der Waals surface area contributed by atoms with Gasteiger partial charge in [-0.15, -0.1) is 0 Å². The summed E-state index contributed by atoms with van der Waals surface area (Å²) in [5.74, 6) is 0. The number of carbonyl (C=O) groups is 1. The first kappa shape index (κ1) is 33.6. The maximum absolute atomic E-state index is 9.32. The summed E-state index contributed by atoms with van der Waals surface area (Å²) in [5.41, 5.74) is 0. The van der Waals surface area contributed by atoms with Crippen LogP contribution in [-0.4, -0.2) is 49.8 Å². The molecule has 0 fully saturated rings. The first-order chi connectivity index (χ1) is 15.8. The summed E-state index contributed by atoms with van der Waals surface area (Å²) in [6, 6.07) is 0. The predicted octanol–water partition coefficient (Wildman–Crippen LogP) is 7.91. The molecule has 0 aromatic heterocycles. The Hall–Kier alpha value is -0.610. The molecule has 4 heteroatoms. The van der Waals surface area contributed by atoms with Gasteiger partial charge < -0.3 is 14.7 Å². The fraction of sp³-hybridized carbons (Fsp3) is 0.964. The lowest BCUT2D eigenvalue weighted by atomic mass is 10.1. The molecule has 0 aliphatic heterocycles. The van der Waals surface area contributed by atoms with E-state index in [0.717, 1.165) is 6.54 Å². The Morgan fingerprint density at radius 1 is 0.562 bits per heavy atom. The van der Waals surface area contributed by atoms with Gasteiger partial charge in [0.2, 0.25) is 0 Å². The maximum atomic E-state index is 9.32. The average molecular weight is 458 g/mol. The van der Waals surface area contributed by atoms with Crippen molar-refractivity contribution >= 4 is 6.47 Å². The van der Waals surface area contributed by atoms with Crippen molar-refractivity contribution < 1.29 is 14.6 Å². The quantitative estimate of drug-likeness (QED) is 0.112. The highest BCUT2D eigenvalue weighted by molar-refractivity contribution is 5.36. The number of nitrogens with zero attached hydrogens (tertiary/aromatic N) is 1. The Kier molecular flexibility index (Phi) is 34.2. The van der Waals surface area contributed by atoms with Crippen molar-refractivity contribution in [3.8, 4) is 0 Å². The molecule has 1 N–H and O–H groups in total. The van der Waals surface area contributed by atoms with Gasteiger partial charge in [0, 0.05) is 6.54 Å². The van der Waals surface area contributed by atoms with Crippen molar-refractivity contribution in [2.45, 2.75) is 142 Å². The molecule has 0 spiro atoms. The van der Waals surface area contributed by atoms with E-state index in [1.165, 1.54) is 149 Å². The number of aliphatic hydroxyl groups excluding tert-OH is 1. The number of hydrogen-bond donors (Lipinski definition) is 1. The fourth-order valence-electron chi connectivity index (χ4n) is 4.12. The van der Waals surface area contributed by atoms with Gasteiger partial charge in [0.1, 0.15) is 0 Å². The second-order valence-electron chi connectivity index (χ2n) is 9.26. The molecule has 0 amide bonds. The molecule has 32 heavy (non-hydrogen) atoms. The molecule has 0 aliphatic rings.